The number of amidine groups is 1. The number of benzene rings is 1. The van der Waals surface area contributed by atoms with Crippen molar-refractivity contribution in [3.63, 3.8) is 0 Å². The minimum atomic E-state index is 0.561. The highest BCUT2D eigenvalue weighted by Gasteiger charge is 2.33. The van der Waals surface area contributed by atoms with Gasteiger partial charge in [-0.05, 0) is 24.3 Å². The number of hydrogen-bond acceptors (Lipinski definition) is 6. The molecule has 6 nitrogen and oxygen atoms in total. The lowest BCUT2D eigenvalue weighted by atomic mass is 10.1. The zero-order valence-corrected chi connectivity index (χ0v) is 11.0. The predicted molar refractivity (Wildman–Crippen MR) is 77.3 cm³/mol. The van der Waals surface area contributed by atoms with E-state index in [0.29, 0.717) is 18.3 Å². The maximum absolute atomic E-state index is 5.69. The second-order valence-corrected chi connectivity index (χ2v) is 4.96. The number of hydrogen-bond donors (Lipinski definition) is 0. The van der Waals surface area contributed by atoms with Crippen LogP contribution in [-0.4, -0.2) is 29.0 Å². The van der Waals surface area contributed by atoms with E-state index in [9.17, 15) is 0 Å². The Morgan fingerprint density at radius 2 is 2.14 bits per heavy atom. The van der Waals surface area contributed by atoms with Gasteiger partial charge in [0.25, 0.3) is 0 Å². The molecule has 5 rings (SSSR count). The lowest BCUT2D eigenvalue weighted by Crippen LogP contribution is -2.35. The highest BCUT2D eigenvalue weighted by molar-refractivity contribution is 6.20. The average Bonchev–Trinajstić information content (AvgIpc) is 2.86. The molecule has 3 aromatic rings. The van der Waals surface area contributed by atoms with Crippen LogP contribution in [0.5, 0.6) is 5.88 Å². The molecule has 4 heterocycles. The van der Waals surface area contributed by atoms with Gasteiger partial charge in [0.15, 0.2) is 11.7 Å². The number of rotatable bonds is 1. The largest absolute Gasteiger partial charge is 0.475 e. The van der Waals surface area contributed by atoms with Gasteiger partial charge >= 0.3 is 0 Å². The Morgan fingerprint density at radius 1 is 1.14 bits per heavy atom. The number of nitrogens with zero attached hydrogens (tertiary/aromatic N) is 4. The topological polar surface area (TPSA) is 63.8 Å². The Balaban J connectivity index is 1.64. The summed E-state index contributed by atoms with van der Waals surface area (Å²) < 4.78 is 11.1. The fraction of sp³-hybridized carbons (Fsp3) is 0.133. The van der Waals surface area contributed by atoms with Gasteiger partial charge in [0.05, 0.1) is 12.8 Å². The van der Waals surface area contributed by atoms with E-state index < -0.39 is 0 Å². The van der Waals surface area contributed by atoms with Gasteiger partial charge in [0, 0.05) is 11.1 Å². The Hall–Kier alpha value is -2.89. The van der Waals surface area contributed by atoms with E-state index in [-0.39, 0.29) is 0 Å². The summed E-state index contributed by atoms with van der Waals surface area (Å²) >= 11 is 0. The molecule has 2 aromatic heterocycles. The molecule has 2 aliphatic heterocycles. The highest BCUT2D eigenvalue weighted by Crippen LogP contribution is 2.38. The molecule has 102 valence electrons. The molecule has 0 amide bonds. The number of aliphatic imine (C=N–C) groups is 1. The van der Waals surface area contributed by atoms with Crippen LogP contribution in [0, 0.1) is 0 Å². The van der Waals surface area contributed by atoms with Gasteiger partial charge < -0.3 is 14.1 Å². The first-order valence-corrected chi connectivity index (χ1v) is 6.72. The fourth-order valence-corrected chi connectivity index (χ4v) is 2.76. The van der Waals surface area contributed by atoms with E-state index in [1.165, 1.54) is 6.33 Å². The first-order chi connectivity index (χ1) is 10.4. The lowest BCUT2D eigenvalue weighted by Gasteiger charge is -2.27. The molecule has 0 saturated heterocycles. The smallest absolute Gasteiger partial charge is 0.230 e. The third-order valence-electron chi connectivity index (χ3n) is 3.78. The monoisotopic (exact) mass is 278 g/mol. The number of furan rings is 1. The zero-order chi connectivity index (χ0) is 13.8. The number of ether oxygens (including phenoxy) is 1. The summed E-state index contributed by atoms with van der Waals surface area (Å²) in [5, 5.41) is 1.07. The molecule has 0 unspecified atom stereocenters. The standard InChI is InChI=1S/C15H10N4O2/c1-2-11-9(3-5-20-11)7-10(1)19-4-6-21-15-12-13(16-8-17-15)18-14(12)19/h1-3,5,7-8H,4,6H2. The molecule has 0 saturated carbocycles. The van der Waals surface area contributed by atoms with Crippen molar-refractivity contribution in [2.45, 2.75) is 0 Å². The first kappa shape index (κ1) is 10.8. The average molecular weight is 278 g/mol. The van der Waals surface area contributed by atoms with Gasteiger partial charge in [-0.1, -0.05) is 0 Å². The van der Waals surface area contributed by atoms with Crippen LogP contribution in [-0.2, 0) is 0 Å². The molecule has 21 heavy (non-hydrogen) atoms. The summed E-state index contributed by atoms with van der Waals surface area (Å²) in [5.74, 6) is 2.20. The van der Waals surface area contributed by atoms with E-state index in [0.717, 1.165) is 34.6 Å². The van der Waals surface area contributed by atoms with Crippen molar-refractivity contribution in [2.24, 2.45) is 4.99 Å². The quantitative estimate of drug-likeness (QED) is 0.684. The summed E-state index contributed by atoms with van der Waals surface area (Å²) in [6.07, 6.45) is 3.18. The molecule has 6 heteroatoms. The predicted octanol–water partition coefficient (Wildman–Crippen LogP) is 2.51. The van der Waals surface area contributed by atoms with E-state index in [1.807, 2.05) is 18.2 Å². The van der Waals surface area contributed by atoms with Gasteiger partial charge in [-0.3, -0.25) is 0 Å². The van der Waals surface area contributed by atoms with E-state index in [1.54, 1.807) is 6.26 Å². The van der Waals surface area contributed by atoms with Crippen molar-refractivity contribution in [1.29, 1.82) is 0 Å². The second kappa shape index (κ2) is 3.82. The van der Waals surface area contributed by atoms with Crippen LogP contribution in [0.15, 0.2) is 46.3 Å². The summed E-state index contributed by atoms with van der Waals surface area (Å²) in [4.78, 5) is 15.0. The van der Waals surface area contributed by atoms with Crippen LogP contribution in [0.1, 0.15) is 5.56 Å². The highest BCUT2D eigenvalue weighted by atomic mass is 16.5. The maximum atomic E-state index is 5.69. The molecule has 0 N–H and O–H groups in total. The van der Waals surface area contributed by atoms with Crippen molar-refractivity contribution in [1.82, 2.24) is 9.97 Å². The van der Waals surface area contributed by atoms with Gasteiger partial charge in [-0.15, -0.1) is 0 Å². The van der Waals surface area contributed by atoms with Crippen molar-refractivity contribution in [3.05, 3.63) is 42.4 Å². The Morgan fingerprint density at radius 3 is 3.14 bits per heavy atom. The molecule has 0 radical (unpaired) electrons. The van der Waals surface area contributed by atoms with E-state index >= 15 is 0 Å². The molecule has 0 spiro atoms. The molecular weight excluding hydrogens is 268 g/mol. The third-order valence-corrected chi connectivity index (χ3v) is 3.78. The number of fused-ring (bicyclic) bond motifs is 1. The molecule has 0 aliphatic carbocycles. The molecule has 1 aromatic carbocycles. The Bertz CT molecular complexity index is 900. The summed E-state index contributed by atoms with van der Waals surface area (Å²) in [5.41, 5.74) is 2.85. The van der Waals surface area contributed by atoms with Gasteiger partial charge in [-0.2, -0.15) is 0 Å². The molecule has 0 bridgehead atoms. The summed E-state index contributed by atoms with van der Waals surface area (Å²) in [6.45, 7) is 1.28. The molecule has 2 aliphatic rings. The van der Waals surface area contributed by atoms with Gasteiger partial charge in [0.2, 0.25) is 5.88 Å². The van der Waals surface area contributed by atoms with Crippen molar-refractivity contribution < 1.29 is 9.15 Å². The fourth-order valence-electron chi connectivity index (χ4n) is 2.76. The normalized spacial score (nSPS) is 15.8. The molecular formula is C15H10N4O2. The van der Waals surface area contributed by atoms with Crippen LogP contribution in [0.3, 0.4) is 0 Å². The Labute approximate surface area is 119 Å². The minimum Gasteiger partial charge on any atom is -0.475 e. The van der Waals surface area contributed by atoms with Crippen molar-refractivity contribution in [3.8, 4) is 5.88 Å². The van der Waals surface area contributed by atoms with Crippen LogP contribution >= 0.6 is 0 Å². The third kappa shape index (κ3) is 1.44. The van der Waals surface area contributed by atoms with E-state index in [2.05, 4.69) is 25.9 Å². The van der Waals surface area contributed by atoms with Crippen molar-refractivity contribution >= 4 is 28.3 Å². The maximum Gasteiger partial charge on any atom is 0.230 e. The second-order valence-electron chi connectivity index (χ2n) is 4.96. The molecule has 0 fully saturated rings. The first-order valence-electron chi connectivity index (χ1n) is 6.72. The SMILES string of the molecule is c1nc2c3c(n1)OCCN(c1ccc4occc4c1)C3=N2. The summed E-state index contributed by atoms with van der Waals surface area (Å²) in [6, 6.07) is 8.05. The Kier molecular flexibility index (Phi) is 1.97. The zero-order valence-electron chi connectivity index (χ0n) is 11.0. The van der Waals surface area contributed by atoms with E-state index in [4.69, 9.17) is 9.15 Å². The van der Waals surface area contributed by atoms with Gasteiger partial charge in [0.1, 0.15) is 24.1 Å². The molecule has 0 atom stereocenters. The van der Waals surface area contributed by atoms with Crippen LogP contribution in [0.2, 0.25) is 0 Å². The van der Waals surface area contributed by atoms with Crippen molar-refractivity contribution in [2.75, 3.05) is 18.1 Å². The summed E-state index contributed by atoms with van der Waals surface area (Å²) in [7, 11) is 0. The number of aromatic nitrogens is 2. The lowest BCUT2D eigenvalue weighted by molar-refractivity contribution is 0.319. The van der Waals surface area contributed by atoms with Crippen LogP contribution in [0.4, 0.5) is 11.5 Å². The minimum absolute atomic E-state index is 0.561. The number of anilines is 1. The van der Waals surface area contributed by atoms with Crippen LogP contribution in [0.25, 0.3) is 11.0 Å². The van der Waals surface area contributed by atoms with Crippen LogP contribution < -0.4 is 9.64 Å². The van der Waals surface area contributed by atoms with Gasteiger partial charge in [-0.25, -0.2) is 15.0 Å².